The maximum Gasteiger partial charge on any atom is 0.335 e. The van der Waals surface area contributed by atoms with Gasteiger partial charge in [0.1, 0.15) is 5.57 Å². The van der Waals surface area contributed by atoms with Crippen molar-refractivity contribution in [1.82, 2.24) is 5.32 Å². The molecule has 1 heterocycles. The fraction of sp³-hybridized carbons (Fsp3) is 0.150. The summed E-state index contributed by atoms with van der Waals surface area (Å²) < 4.78 is 0. The van der Waals surface area contributed by atoms with E-state index in [0.717, 1.165) is 16.5 Å². The zero-order valence-electron chi connectivity index (χ0n) is 15.5. The summed E-state index contributed by atoms with van der Waals surface area (Å²) >= 11 is 0. The molecule has 142 valence electrons. The summed E-state index contributed by atoms with van der Waals surface area (Å²) in [5, 5.41) is 13.3. The van der Waals surface area contributed by atoms with Gasteiger partial charge in [-0.2, -0.15) is 0 Å². The van der Waals surface area contributed by atoms with Crippen molar-refractivity contribution < 1.29 is 19.3 Å². The number of aryl methyl sites for hydroxylation is 3. The molecule has 0 spiro atoms. The minimum Gasteiger partial charge on any atom is -0.273 e. The number of nitrogens with one attached hydrogen (secondary N) is 1. The highest BCUT2D eigenvalue weighted by Crippen LogP contribution is 2.30. The quantitative estimate of drug-likeness (QED) is 0.381. The number of nitro benzene ring substituents is 1. The average molecular weight is 379 g/mol. The van der Waals surface area contributed by atoms with Crippen molar-refractivity contribution in [3.8, 4) is 0 Å². The van der Waals surface area contributed by atoms with Crippen LogP contribution in [0.2, 0.25) is 0 Å². The highest BCUT2D eigenvalue weighted by molar-refractivity contribution is 6.39. The number of barbiturate groups is 1. The molecule has 1 aliphatic rings. The van der Waals surface area contributed by atoms with Gasteiger partial charge < -0.3 is 0 Å². The second-order valence-electron chi connectivity index (χ2n) is 6.52. The van der Waals surface area contributed by atoms with E-state index in [1.165, 1.54) is 18.2 Å². The minimum absolute atomic E-state index is 0.0950. The second kappa shape index (κ2) is 7.07. The first kappa shape index (κ1) is 19.0. The van der Waals surface area contributed by atoms with Gasteiger partial charge in [0.15, 0.2) is 0 Å². The van der Waals surface area contributed by atoms with Gasteiger partial charge in [-0.05, 0) is 44.0 Å². The Morgan fingerprint density at radius 1 is 1.04 bits per heavy atom. The number of carbonyl (C=O) groups is 3. The molecule has 0 aliphatic carbocycles. The van der Waals surface area contributed by atoms with Crippen molar-refractivity contribution in [1.29, 1.82) is 0 Å². The zero-order chi connectivity index (χ0) is 20.6. The number of nitro groups is 1. The van der Waals surface area contributed by atoms with Gasteiger partial charge in [0.2, 0.25) is 0 Å². The fourth-order valence-electron chi connectivity index (χ4n) is 3.32. The minimum atomic E-state index is -0.896. The normalized spacial score (nSPS) is 15.8. The Labute approximate surface area is 160 Å². The van der Waals surface area contributed by atoms with E-state index in [0.29, 0.717) is 16.8 Å². The molecule has 0 unspecified atom stereocenters. The molecule has 1 aliphatic heterocycles. The molecule has 2 aromatic carbocycles. The van der Waals surface area contributed by atoms with Crippen molar-refractivity contribution >= 4 is 35.3 Å². The largest absolute Gasteiger partial charge is 0.335 e. The van der Waals surface area contributed by atoms with Gasteiger partial charge in [0.05, 0.1) is 16.2 Å². The smallest absolute Gasteiger partial charge is 0.273 e. The van der Waals surface area contributed by atoms with E-state index in [-0.39, 0.29) is 16.8 Å². The number of hydrogen-bond acceptors (Lipinski definition) is 5. The molecular weight excluding hydrogens is 362 g/mol. The number of imide groups is 2. The third-order valence-corrected chi connectivity index (χ3v) is 4.39. The molecule has 4 amide bonds. The SMILES string of the molecule is Cc1cc(C)c(N2C(=O)NC(=O)/C(=C/c3ccccc3[N+](=O)[O-])C2=O)c(C)c1. The fourth-order valence-corrected chi connectivity index (χ4v) is 3.32. The Morgan fingerprint density at radius 3 is 2.25 bits per heavy atom. The standard InChI is InChI=1S/C20H17N3O5/c1-11-8-12(2)17(13(3)9-11)22-19(25)15(18(24)21-20(22)26)10-14-6-4-5-7-16(14)23(27)28/h4-10H,1-3H3,(H,21,24,26)/b15-10-. The van der Waals surface area contributed by atoms with E-state index in [9.17, 15) is 24.5 Å². The van der Waals surface area contributed by atoms with E-state index in [1.807, 2.05) is 19.1 Å². The summed E-state index contributed by atoms with van der Waals surface area (Å²) in [4.78, 5) is 49.2. The predicted octanol–water partition coefficient (Wildman–Crippen LogP) is 3.19. The summed E-state index contributed by atoms with van der Waals surface area (Å²) in [5.41, 5.74) is 2.23. The molecular formula is C20H17N3O5. The number of carbonyl (C=O) groups excluding carboxylic acids is 3. The summed E-state index contributed by atoms with van der Waals surface area (Å²) in [6.45, 7) is 5.42. The van der Waals surface area contributed by atoms with Crippen LogP contribution >= 0.6 is 0 Å². The van der Waals surface area contributed by atoms with E-state index in [2.05, 4.69) is 5.32 Å². The Balaban J connectivity index is 2.14. The van der Waals surface area contributed by atoms with Gasteiger partial charge in [-0.15, -0.1) is 0 Å². The molecule has 8 nitrogen and oxygen atoms in total. The number of urea groups is 1. The van der Waals surface area contributed by atoms with Crippen LogP contribution in [0.25, 0.3) is 6.08 Å². The number of rotatable bonds is 3. The van der Waals surface area contributed by atoms with Gasteiger partial charge in [0.25, 0.3) is 17.5 Å². The summed E-state index contributed by atoms with van der Waals surface area (Å²) in [5.74, 6) is -1.73. The molecule has 0 bridgehead atoms. The maximum atomic E-state index is 13.0. The number of benzene rings is 2. The van der Waals surface area contributed by atoms with Crippen molar-refractivity contribution in [2.24, 2.45) is 0 Å². The molecule has 28 heavy (non-hydrogen) atoms. The van der Waals surface area contributed by atoms with E-state index < -0.39 is 22.8 Å². The third kappa shape index (κ3) is 3.27. The first-order valence-corrected chi connectivity index (χ1v) is 8.43. The second-order valence-corrected chi connectivity index (χ2v) is 6.52. The number of hydrogen-bond donors (Lipinski definition) is 1. The van der Waals surface area contributed by atoms with E-state index >= 15 is 0 Å². The number of amides is 4. The molecule has 2 aromatic rings. The predicted molar refractivity (Wildman–Crippen MR) is 103 cm³/mol. The first-order chi connectivity index (χ1) is 13.2. The van der Waals surface area contributed by atoms with Crippen LogP contribution in [-0.2, 0) is 9.59 Å². The van der Waals surface area contributed by atoms with Gasteiger partial charge in [-0.25, -0.2) is 9.69 Å². The van der Waals surface area contributed by atoms with Crippen molar-refractivity contribution in [2.75, 3.05) is 4.90 Å². The highest BCUT2D eigenvalue weighted by Gasteiger charge is 2.38. The topological polar surface area (TPSA) is 110 Å². The summed E-state index contributed by atoms with van der Waals surface area (Å²) in [6.07, 6.45) is 1.13. The van der Waals surface area contributed by atoms with E-state index in [4.69, 9.17) is 0 Å². The van der Waals surface area contributed by atoms with Crippen LogP contribution in [0.5, 0.6) is 0 Å². The molecule has 0 atom stereocenters. The Hall–Kier alpha value is -3.81. The molecule has 1 saturated heterocycles. The Kier molecular flexibility index (Phi) is 4.79. The van der Waals surface area contributed by atoms with Gasteiger partial charge in [-0.3, -0.25) is 25.0 Å². The maximum absolute atomic E-state index is 13.0. The van der Waals surface area contributed by atoms with Crippen molar-refractivity contribution in [2.45, 2.75) is 20.8 Å². The van der Waals surface area contributed by atoms with Crippen LogP contribution in [0, 0.1) is 30.9 Å². The van der Waals surface area contributed by atoms with Crippen LogP contribution in [0.1, 0.15) is 22.3 Å². The van der Waals surface area contributed by atoms with Crippen LogP contribution in [0.3, 0.4) is 0 Å². The summed E-state index contributed by atoms with van der Waals surface area (Å²) in [6, 6.07) is 8.53. The third-order valence-electron chi connectivity index (χ3n) is 4.39. The number of para-hydroxylation sites is 1. The molecule has 1 fully saturated rings. The molecule has 0 aromatic heterocycles. The highest BCUT2D eigenvalue weighted by atomic mass is 16.6. The molecule has 8 heteroatoms. The number of nitrogens with zero attached hydrogens (tertiary/aromatic N) is 2. The van der Waals surface area contributed by atoms with E-state index in [1.54, 1.807) is 19.9 Å². The lowest BCUT2D eigenvalue weighted by Gasteiger charge is -2.29. The molecule has 0 saturated carbocycles. The first-order valence-electron chi connectivity index (χ1n) is 8.43. The van der Waals surface area contributed by atoms with Crippen LogP contribution in [0.15, 0.2) is 42.0 Å². The molecule has 3 rings (SSSR count). The van der Waals surface area contributed by atoms with Gasteiger partial charge in [-0.1, -0.05) is 29.8 Å². The van der Waals surface area contributed by atoms with Crippen LogP contribution in [-0.4, -0.2) is 22.8 Å². The van der Waals surface area contributed by atoms with Crippen molar-refractivity contribution in [3.05, 3.63) is 74.3 Å². The lowest BCUT2D eigenvalue weighted by Crippen LogP contribution is -2.54. The van der Waals surface area contributed by atoms with Crippen LogP contribution in [0.4, 0.5) is 16.2 Å². The monoisotopic (exact) mass is 379 g/mol. The van der Waals surface area contributed by atoms with Gasteiger partial charge >= 0.3 is 6.03 Å². The average Bonchev–Trinajstić information content (AvgIpc) is 2.60. The zero-order valence-corrected chi connectivity index (χ0v) is 15.5. The Bertz CT molecular complexity index is 1050. The lowest BCUT2D eigenvalue weighted by molar-refractivity contribution is -0.385. The van der Waals surface area contributed by atoms with Crippen molar-refractivity contribution in [3.63, 3.8) is 0 Å². The van der Waals surface area contributed by atoms with Crippen LogP contribution < -0.4 is 10.2 Å². The molecule has 1 N–H and O–H groups in total. The Morgan fingerprint density at radius 2 is 1.64 bits per heavy atom. The molecule has 0 radical (unpaired) electrons. The lowest BCUT2D eigenvalue weighted by atomic mass is 10.0. The summed E-state index contributed by atoms with van der Waals surface area (Å²) in [7, 11) is 0. The number of anilines is 1. The van der Waals surface area contributed by atoms with Gasteiger partial charge in [0, 0.05) is 6.07 Å².